The normalized spacial score (nSPS) is 11.3. The lowest BCUT2D eigenvalue weighted by Crippen LogP contribution is -2.46. The van der Waals surface area contributed by atoms with Gasteiger partial charge in [-0.1, -0.05) is 30.3 Å². The molecule has 10 nitrogen and oxygen atoms in total. The highest BCUT2D eigenvalue weighted by atomic mass is 16.5. The van der Waals surface area contributed by atoms with Crippen molar-refractivity contribution in [3.8, 4) is 5.69 Å². The summed E-state index contributed by atoms with van der Waals surface area (Å²) in [6.45, 7) is 1.39. The number of nitrogens with one attached hydrogen (secondary N) is 2. The highest BCUT2D eigenvalue weighted by molar-refractivity contribution is 5.97. The molecule has 10 heteroatoms. The van der Waals surface area contributed by atoms with E-state index in [9.17, 15) is 14.4 Å². The number of tetrazole rings is 1. The number of para-hydroxylation sites is 1. The van der Waals surface area contributed by atoms with Gasteiger partial charge in [-0.25, -0.2) is 4.79 Å². The van der Waals surface area contributed by atoms with Gasteiger partial charge in [-0.05, 0) is 41.6 Å². The van der Waals surface area contributed by atoms with Crippen molar-refractivity contribution in [2.45, 2.75) is 13.0 Å². The fourth-order valence-electron chi connectivity index (χ4n) is 2.28. The minimum absolute atomic E-state index is 0.183. The maximum atomic E-state index is 12.5. The van der Waals surface area contributed by atoms with E-state index < -0.39 is 23.9 Å². The van der Waals surface area contributed by atoms with Crippen LogP contribution in [0.25, 0.3) is 5.69 Å². The molecule has 2 N–H and O–H groups in total. The second-order valence-corrected chi connectivity index (χ2v) is 5.63. The van der Waals surface area contributed by atoms with Crippen LogP contribution < -0.4 is 10.9 Å². The van der Waals surface area contributed by atoms with E-state index in [0.717, 1.165) is 0 Å². The lowest BCUT2D eigenvalue weighted by Gasteiger charge is -2.15. The van der Waals surface area contributed by atoms with E-state index in [4.69, 9.17) is 4.74 Å². The van der Waals surface area contributed by atoms with Crippen LogP contribution >= 0.6 is 0 Å². The Kier molecular flexibility index (Phi) is 5.70. The van der Waals surface area contributed by atoms with Crippen molar-refractivity contribution in [1.29, 1.82) is 0 Å². The summed E-state index contributed by atoms with van der Waals surface area (Å²) in [7, 11) is 0. The van der Waals surface area contributed by atoms with Crippen LogP contribution in [0.15, 0.2) is 60.9 Å². The third-order valence-electron chi connectivity index (χ3n) is 3.71. The summed E-state index contributed by atoms with van der Waals surface area (Å²) >= 11 is 0. The first kappa shape index (κ1) is 18.7. The third-order valence-corrected chi connectivity index (χ3v) is 3.71. The molecule has 0 spiro atoms. The first-order valence-corrected chi connectivity index (χ1v) is 8.25. The average Bonchev–Trinajstić information content (AvgIpc) is 3.27. The number of hydrogen-bond acceptors (Lipinski definition) is 7. The number of carbonyl (C=O) groups is 3. The molecule has 0 saturated heterocycles. The Hall–Kier alpha value is -4.08. The monoisotopic (exact) mass is 380 g/mol. The zero-order valence-electron chi connectivity index (χ0n) is 14.8. The van der Waals surface area contributed by atoms with Crippen molar-refractivity contribution >= 4 is 17.8 Å². The molecule has 1 heterocycles. The number of aromatic nitrogens is 4. The van der Waals surface area contributed by atoms with Crippen LogP contribution in [-0.4, -0.2) is 44.1 Å². The number of carbonyl (C=O) groups excluding carboxylic acids is 3. The van der Waals surface area contributed by atoms with Gasteiger partial charge in [-0.3, -0.25) is 20.4 Å². The third kappa shape index (κ3) is 4.36. The quantitative estimate of drug-likeness (QED) is 0.492. The zero-order valence-corrected chi connectivity index (χ0v) is 14.8. The van der Waals surface area contributed by atoms with E-state index >= 15 is 0 Å². The van der Waals surface area contributed by atoms with Gasteiger partial charge in [0.2, 0.25) is 0 Å². The molecule has 28 heavy (non-hydrogen) atoms. The second-order valence-electron chi connectivity index (χ2n) is 5.63. The summed E-state index contributed by atoms with van der Waals surface area (Å²) in [6, 6.07) is 14.9. The van der Waals surface area contributed by atoms with Crippen LogP contribution in [0.2, 0.25) is 0 Å². The van der Waals surface area contributed by atoms with E-state index in [-0.39, 0.29) is 5.56 Å². The van der Waals surface area contributed by atoms with E-state index in [2.05, 4.69) is 26.4 Å². The Labute approximate surface area is 159 Å². The largest absolute Gasteiger partial charge is 0.449 e. The fourth-order valence-corrected chi connectivity index (χ4v) is 2.28. The summed E-state index contributed by atoms with van der Waals surface area (Å²) in [5, 5.41) is 10.8. The highest BCUT2D eigenvalue weighted by Gasteiger charge is 2.22. The summed E-state index contributed by atoms with van der Waals surface area (Å²) < 4.78 is 6.50. The summed E-state index contributed by atoms with van der Waals surface area (Å²) in [5.41, 5.74) is 5.46. The molecule has 0 fully saturated rings. The second kappa shape index (κ2) is 8.54. The number of benzene rings is 2. The SMILES string of the molecule is CC(OC(=O)c1ccccc1-n1cnnn1)C(=O)NNC(=O)c1ccccc1. The molecule has 3 aromatic rings. The van der Waals surface area contributed by atoms with Gasteiger partial charge in [0.1, 0.15) is 6.33 Å². The van der Waals surface area contributed by atoms with Crippen LogP contribution in [0.3, 0.4) is 0 Å². The first-order valence-electron chi connectivity index (χ1n) is 8.25. The number of amides is 2. The van der Waals surface area contributed by atoms with Gasteiger partial charge in [0, 0.05) is 5.56 Å². The predicted molar refractivity (Wildman–Crippen MR) is 96.1 cm³/mol. The fraction of sp³-hybridized carbons (Fsp3) is 0.111. The molecule has 3 rings (SSSR count). The number of hydrazine groups is 1. The van der Waals surface area contributed by atoms with Gasteiger partial charge >= 0.3 is 5.97 Å². The standard InChI is InChI=1S/C18H16N6O4/c1-12(16(25)20-21-17(26)13-7-3-2-4-8-13)28-18(27)14-9-5-6-10-15(14)24-11-19-22-23-24/h2-12H,1H3,(H,20,25)(H,21,26). The maximum absolute atomic E-state index is 12.5. The molecule has 0 aliphatic rings. The number of rotatable bonds is 5. The van der Waals surface area contributed by atoms with E-state index in [0.29, 0.717) is 11.3 Å². The molecule has 0 bridgehead atoms. The van der Waals surface area contributed by atoms with Crippen molar-refractivity contribution in [2.75, 3.05) is 0 Å². The minimum atomic E-state index is -1.15. The van der Waals surface area contributed by atoms with Crippen LogP contribution in [0.1, 0.15) is 27.6 Å². The number of nitrogens with zero attached hydrogens (tertiary/aromatic N) is 4. The predicted octanol–water partition coefficient (Wildman–Crippen LogP) is 0.669. The van der Waals surface area contributed by atoms with E-state index in [1.165, 1.54) is 24.0 Å². The lowest BCUT2D eigenvalue weighted by atomic mass is 10.2. The number of esters is 1. The molecule has 1 unspecified atom stereocenters. The molecule has 1 atom stereocenters. The molecule has 0 saturated carbocycles. The van der Waals surface area contributed by atoms with E-state index in [1.54, 1.807) is 48.5 Å². The smallest absolute Gasteiger partial charge is 0.341 e. The molecule has 2 aromatic carbocycles. The van der Waals surface area contributed by atoms with Crippen molar-refractivity contribution in [1.82, 2.24) is 31.1 Å². The van der Waals surface area contributed by atoms with Gasteiger partial charge < -0.3 is 4.74 Å². The molecule has 142 valence electrons. The minimum Gasteiger partial charge on any atom is -0.449 e. The molecular formula is C18H16N6O4. The Morgan fingerprint density at radius 3 is 2.43 bits per heavy atom. The maximum Gasteiger partial charge on any atom is 0.341 e. The Balaban J connectivity index is 1.60. The molecule has 0 aliphatic heterocycles. The lowest BCUT2D eigenvalue weighted by molar-refractivity contribution is -0.129. The van der Waals surface area contributed by atoms with Crippen LogP contribution in [0.4, 0.5) is 0 Å². The Morgan fingerprint density at radius 2 is 1.71 bits per heavy atom. The molecule has 1 aromatic heterocycles. The highest BCUT2D eigenvalue weighted by Crippen LogP contribution is 2.14. The summed E-state index contributed by atoms with van der Waals surface area (Å²) in [4.78, 5) is 36.5. The van der Waals surface area contributed by atoms with Crippen LogP contribution in [0.5, 0.6) is 0 Å². The van der Waals surface area contributed by atoms with Crippen molar-refractivity contribution in [3.05, 3.63) is 72.1 Å². The van der Waals surface area contributed by atoms with Gasteiger partial charge in [0.05, 0.1) is 11.3 Å². The van der Waals surface area contributed by atoms with Gasteiger partial charge in [-0.15, -0.1) is 5.10 Å². The Bertz CT molecular complexity index is 975. The first-order chi connectivity index (χ1) is 13.6. The van der Waals surface area contributed by atoms with Gasteiger partial charge in [0.25, 0.3) is 11.8 Å². The van der Waals surface area contributed by atoms with Gasteiger partial charge in [0.15, 0.2) is 6.10 Å². The summed E-state index contributed by atoms with van der Waals surface area (Å²) in [6.07, 6.45) is 0.187. The van der Waals surface area contributed by atoms with Crippen LogP contribution in [0, 0.1) is 0 Å². The number of ether oxygens (including phenoxy) is 1. The van der Waals surface area contributed by atoms with Crippen LogP contribution in [-0.2, 0) is 9.53 Å². The van der Waals surface area contributed by atoms with E-state index in [1.807, 2.05) is 0 Å². The Morgan fingerprint density at radius 1 is 1.00 bits per heavy atom. The van der Waals surface area contributed by atoms with Crippen molar-refractivity contribution in [3.63, 3.8) is 0 Å². The van der Waals surface area contributed by atoms with Crippen molar-refractivity contribution < 1.29 is 19.1 Å². The topological polar surface area (TPSA) is 128 Å². The average molecular weight is 380 g/mol. The molecule has 0 radical (unpaired) electrons. The van der Waals surface area contributed by atoms with Gasteiger partial charge in [-0.2, -0.15) is 4.68 Å². The zero-order chi connectivity index (χ0) is 19.9. The van der Waals surface area contributed by atoms with Crippen molar-refractivity contribution in [2.24, 2.45) is 0 Å². The summed E-state index contributed by atoms with van der Waals surface area (Å²) in [5.74, 6) is -1.91. The molecular weight excluding hydrogens is 364 g/mol. The number of hydrogen-bond donors (Lipinski definition) is 2. The molecule has 0 aliphatic carbocycles. The molecule has 2 amide bonds.